The monoisotopic (exact) mass is 317 g/mol. The van der Waals surface area contributed by atoms with Crippen molar-refractivity contribution in [3.05, 3.63) is 35.4 Å². The molecule has 0 saturated heterocycles. The first kappa shape index (κ1) is 15.2. The van der Waals surface area contributed by atoms with Crippen molar-refractivity contribution >= 4 is 16.9 Å². The molecule has 23 heavy (non-hydrogen) atoms. The van der Waals surface area contributed by atoms with Crippen molar-refractivity contribution in [1.29, 1.82) is 0 Å². The smallest absolute Gasteiger partial charge is 0.293 e. The summed E-state index contributed by atoms with van der Waals surface area (Å²) in [6.07, 6.45) is 0.465. The molecule has 0 radical (unpaired) electrons. The molecule has 0 bridgehead atoms. The van der Waals surface area contributed by atoms with Gasteiger partial charge in [-0.3, -0.25) is 4.79 Å². The minimum absolute atomic E-state index is 0.0306. The third-order valence-electron chi connectivity index (χ3n) is 3.74. The molecule has 0 N–H and O–H groups in total. The number of carbonyl (C=O) groups is 1. The molecular weight excluding hydrogens is 301 g/mol. The Hall–Kier alpha value is -2.70. The molecule has 2 heterocycles. The Kier molecular flexibility index (Phi) is 3.85. The number of benzene rings is 1. The van der Waals surface area contributed by atoms with Crippen molar-refractivity contribution in [3.8, 4) is 11.7 Å². The molecule has 0 saturated carbocycles. The number of carbonyl (C=O) groups excluding carboxylic acids is 1. The van der Waals surface area contributed by atoms with E-state index in [-0.39, 0.29) is 17.4 Å². The Morgan fingerprint density at radius 2 is 2.17 bits per heavy atom. The topological polar surface area (TPSA) is 72.4 Å². The van der Waals surface area contributed by atoms with Crippen molar-refractivity contribution in [1.82, 2.24) is 15.0 Å². The number of hydrogen-bond donors (Lipinski definition) is 0. The van der Waals surface area contributed by atoms with Crippen LogP contribution in [0.1, 0.15) is 18.3 Å². The van der Waals surface area contributed by atoms with Crippen molar-refractivity contribution in [3.63, 3.8) is 0 Å². The molecule has 0 aliphatic carbocycles. The van der Waals surface area contributed by atoms with Crippen molar-refractivity contribution < 1.29 is 18.1 Å². The highest BCUT2D eigenvalue weighted by Crippen LogP contribution is 2.30. The summed E-state index contributed by atoms with van der Waals surface area (Å²) in [5.41, 5.74) is 1.08. The number of amides is 1. The van der Waals surface area contributed by atoms with Crippen LogP contribution in [0.5, 0.6) is 0 Å². The first-order chi connectivity index (χ1) is 11.0. The largest absolute Gasteiger partial charge is 0.448 e. The summed E-state index contributed by atoms with van der Waals surface area (Å²) in [6, 6.07) is 4.74. The summed E-state index contributed by atoms with van der Waals surface area (Å²) in [5.74, 6) is 0.523. The number of likely N-dealkylation sites (N-methyl/N-ethyl adjacent to an activating group) is 1. The van der Waals surface area contributed by atoms with E-state index in [2.05, 4.69) is 10.1 Å². The molecule has 120 valence electrons. The average molecular weight is 317 g/mol. The highest BCUT2D eigenvalue weighted by molar-refractivity contribution is 5.85. The van der Waals surface area contributed by atoms with Gasteiger partial charge in [0.25, 0.3) is 5.89 Å². The number of aryl methyl sites for hydroxylation is 1. The van der Waals surface area contributed by atoms with E-state index in [1.807, 2.05) is 6.92 Å². The summed E-state index contributed by atoms with van der Waals surface area (Å²) < 4.78 is 24.5. The second kappa shape index (κ2) is 5.83. The molecule has 1 aromatic carbocycles. The minimum atomic E-state index is -0.431. The van der Waals surface area contributed by atoms with Crippen LogP contribution in [-0.2, 0) is 11.2 Å². The zero-order chi connectivity index (χ0) is 16.6. The van der Waals surface area contributed by atoms with Gasteiger partial charge < -0.3 is 13.8 Å². The van der Waals surface area contributed by atoms with Crippen LogP contribution in [0.4, 0.5) is 4.39 Å². The molecule has 0 spiro atoms. The standard InChI is InChI=1S/C16H16FN3O3/c1-9-4-5-12(17)15-11(9)8-13(22-15)16-18-14(19-23-16)6-7-20(3)10(2)21/h4-5,8H,6-7H2,1-3H3. The fraction of sp³-hybridized carbons (Fsp3) is 0.312. The average Bonchev–Trinajstić information content (AvgIpc) is 3.15. The van der Waals surface area contributed by atoms with E-state index in [4.69, 9.17) is 8.94 Å². The van der Waals surface area contributed by atoms with Crippen LogP contribution < -0.4 is 0 Å². The zero-order valence-electron chi connectivity index (χ0n) is 13.1. The van der Waals surface area contributed by atoms with E-state index >= 15 is 0 Å². The van der Waals surface area contributed by atoms with Crippen molar-refractivity contribution in [2.75, 3.05) is 13.6 Å². The Balaban J connectivity index is 1.84. The van der Waals surface area contributed by atoms with Gasteiger partial charge in [-0.15, -0.1) is 0 Å². The zero-order valence-corrected chi connectivity index (χ0v) is 13.1. The molecule has 0 atom stereocenters. The number of hydrogen-bond acceptors (Lipinski definition) is 5. The normalized spacial score (nSPS) is 11.1. The highest BCUT2D eigenvalue weighted by Gasteiger charge is 2.17. The van der Waals surface area contributed by atoms with Crippen LogP contribution in [0, 0.1) is 12.7 Å². The summed E-state index contributed by atoms with van der Waals surface area (Å²) >= 11 is 0. The number of furan rings is 1. The van der Waals surface area contributed by atoms with E-state index in [1.165, 1.54) is 13.0 Å². The van der Waals surface area contributed by atoms with Gasteiger partial charge in [0.1, 0.15) is 0 Å². The maximum Gasteiger partial charge on any atom is 0.293 e. The Bertz CT molecular complexity index is 830. The van der Waals surface area contributed by atoms with Gasteiger partial charge in [-0.25, -0.2) is 4.39 Å². The second-order valence-corrected chi connectivity index (χ2v) is 5.42. The summed E-state index contributed by atoms with van der Waals surface area (Å²) in [4.78, 5) is 17.0. The number of halogens is 1. The van der Waals surface area contributed by atoms with Crippen LogP contribution >= 0.6 is 0 Å². The lowest BCUT2D eigenvalue weighted by atomic mass is 10.1. The Morgan fingerprint density at radius 1 is 1.39 bits per heavy atom. The van der Waals surface area contributed by atoms with Gasteiger partial charge in [-0.05, 0) is 24.6 Å². The third-order valence-corrected chi connectivity index (χ3v) is 3.74. The summed E-state index contributed by atoms with van der Waals surface area (Å²) in [6.45, 7) is 3.85. The van der Waals surface area contributed by atoms with E-state index in [0.29, 0.717) is 29.9 Å². The fourth-order valence-electron chi connectivity index (χ4n) is 2.21. The molecule has 0 unspecified atom stereocenters. The summed E-state index contributed by atoms with van der Waals surface area (Å²) in [7, 11) is 1.70. The first-order valence-corrected chi connectivity index (χ1v) is 7.19. The van der Waals surface area contributed by atoms with Crippen molar-refractivity contribution in [2.24, 2.45) is 0 Å². The van der Waals surface area contributed by atoms with Gasteiger partial charge in [0.15, 0.2) is 23.0 Å². The lowest BCUT2D eigenvalue weighted by molar-refractivity contribution is -0.127. The lowest BCUT2D eigenvalue weighted by Crippen LogP contribution is -2.26. The van der Waals surface area contributed by atoms with Gasteiger partial charge >= 0.3 is 0 Å². The molecule has 0 aliphatic rings. The molecule has 1 amide bonds. The van der Waals surface area contributed by atoms with E-state index in [1.54, 1.807) is 24.1 Å². The van der Waals surface area contributed by atoms with Crippen molar-refractivity contribution in [2.45, 2.75) is 20.3 Å². The van der Waals surface area contributed by atoms with E-state index in [9.17, 15) is 9.18 Å². The number of rotatable bonds is 4. The SMILES string of the molecule is CC(=O)N(C)CCc1noc(-c2cc3c(C)ccc(F)c3o2)n1. The van der Waals surface area contributed by atoms with Gasteiger partial charge in [0, 0.05) is 32.3 Å². The number of aromatic nitrogens is 2. The van der Waals surface area contributed by atoms with Gasteiger partial charge in [-0.1, -0.05) is 11.2 Å². The minimum Gasteiger partial charge on any atom is -0.448 e. The Morgan fingerprint density at radius 3 is 2.87 bits per heavy atom. The maximum absolute atomic E-state index is 13.8. The maximum atomic E-state index is 13.8. The van der Waals surface area contributed by atoms with Crippen LogP contribution in [0.3, 0.4) is 0 Å². The predicted molar refractivity (Wildman–Crippen MR) is 81.2 cm³/mol. The molecule has 3 aromatic rings. The predicted octanol–water partition coefficient (Wildman–Crippen LogP) is 2.95. The molecule has 2 aromatic heterocycles. The highest BCUT2D eigenvalue weighted by atomic mass is 19.1. The number of fused-ring (bicyclic) bond motifs is 1. The third kappa shape index (κ3) is 2.94. The van der Waals surface area contributed by atoms with E-state index < -0.39 is 5.82 Å². The van der Waals surface area contributed by atoms with Crippen LogP contribution in [0.15, 0.2) is 27.1 Å². The molecular formula is C16H16FN3O3. The van der Waals surface area contributed by atoms with Gasteiger partial charge in [0.05, 0.1) is 0 Å². The van der Waals surface area contributed by atoms with Crippen LogP contribution in [-0.4, -0.2) is 34.5 Å². The van der Waals surface area contributed by atoms with E-state index in [0.717, 1.165) is 5.56 Å². The number of nitrogens with zero attached hydrogens (tertiary/aromatic N) is 3. The van der Waals surface area contributed by atoms with Gasteiger partial charge in [-0.2, -0.15) is 4.98 Å². The molecule has 0 aliphatic heterocycles. The molecule has 3 rings (SSSR count). The molecule has 7 heteroatoms. The quantitative estimate of drug-likeness (QED) is 0.740. The molecule has 0 fully saturated rings. The summed E-state index contributed by atoms with van der Waals surface area (Å²) in [5, 5.41) is 4.54. The first-order valence-electron chi connectivity index (χ1n) is 7.19. The lowest BCUT2D eigenvalue weighted by Gasteiger charge is -2.12. The fourth-order valence-corrected chi connectivity index (χ4v) is 2.21. The van der Waals surface area contributed by atoms with Crippen LogP contribution in [0.2, 0.25) is 0 Å². The van der Waals surface area contributed by atoms with Crippen LogP contribution in [0.25, 0.3) is 22.6 Å². The second-order valence-electron chi connectivity index (χ2n) is 5.42. The molecule has 6 nitrogen and oxygen atoms in total. The Labute approximate surface area is 131 Å². The van der Waals surface area contributed by atoms with Gasteiger partial charge in [0.2, 0.25) is 5.91 Å².